The Labute approximate surface area is 192 Å². The van der Waals surface area contributed by atoms with E-state index in [2.05, 4.69) is 0 Å². The van der Waals surface area contributed by atoms with Crippen LogP contribution in [0.3, 0.4) is 0 Å². The van der Waals surface area contributed by atoms with Crippen molar-refractivity contribution in [2.24, 2.45) is 22.7 Å². The molecule has 1 heterocycles. The van der Waals surface area contributed by atoms with Crippen LogP contribution in [-0.2, 0) is 19.1 Å². The van der Waals surface area contributed by atoms with Crippen LogP contribution in [0.15, 0.2) is 23.8 Å². The van der Waals surface area contributed by atoms with E-state index in [1.54, 1.807) is 13.8 Å². The molecule has 0 aromatic rings. The second-order valence-corrected chi connectivity index (χ2v) is 10.9. The lowest BCUT2D eigenvalue weighted by atomic mass is 9.44. The van der Waals surface area contributed by atoms with Crippen LogP contribution in [0.4, 0.5) is 8.78 Å². The van der Waals surface area contributed by atoms with Gasteiger partial charge in [0, 0.05) is 16.7 Å². The van der Waals surface area contributed by atoms with Gasteiger partial charge in [0.05, 0.1) is 12.2 Å². The van der Waals surface area contributed by atoms with Crippen LogP contribution in [0, 0.1) is 22.7 Å². The van der Waals surface area contributed by atoms with Gasteiger partial charge in [-0.3, -0.25) is 9.59 Å². The number of halogens is 2. The third-order valence-corrected chi connectivity index (χ3v) is 9.50. The van der Waals surface area contributed by atoms with Crippen LogP contribution in [0.5, 0.6) is 0 Å². The van der Waals surface area contributed by atoms with Gasteiger partial charge in [0.2, 0.25) is 0 Å². The van der Waals surface area contributed by atoms with Gasteiger partial charge < -0.3 is 19.7 Å². The maximum absolute atomic E-state index is 17.2. The zero-order valence-corrected chi connectivity index (χ0v) is 19.2. The second-order valence-electron chi connectivity index (χ2n) is 10.9. The lowest BCUT2D eigenvalue weighted by molar-refractivity contribution is -0.234. The third-order valence-electron chi connectivity index (χ3n) is 9.50. The standard InChI is InChI=1S/C25H32F2O6/c1-4-5-21-32-20-10-14-15-9-17(26)16-8-13(29)6-7-22(16,2)24(15,27)18(30)11-23(14,3)25(20,33-21)19(31)12-28/h6-8,14-15,17-18,20-21,28,30H,4-5,9-12H2,1-3H3/t14-,15-,17-,18-,20+,21?,22-,23-,24-,25+/m0/s1. The Hall–Kier alpha value is -1.48. The zero-order valence-electron chi connectivity index (χ0n) is 19.2. The monoisotopic (exact) mass is 466 g/mol. The summed E-state index contributed by atoms with van der Waals surface area (Å²) in [5.74, 6) is -2.38. The SMILES string of the molecule is CCCC1O[C@@H]2C[C@H]3[C@@H]4C[C@H](F)C5=CC(=O)C=C[C@]5(C)[C@@]4(F)[C@@H](O)C[C@]3(C)[C@]2(C(=O)CO)O1. The normalized spacial score (nSPS) is 52.6. The van der Waals surface area contributed by atoms with Crippen LogP contribution in [0.2, 0.25) is 0 Å². The predicted molar refractivity (Wildman–Crippen MR) is 113 cm³/mol. The van der Waals surface area contributed by atoms with E-state index in [4.69, 9.17) is 9.47 Å². The molecule has 4 fully saturated rings. The molecular formula is C25H32F2O6. The second kappa shape index (κ2) is 7.26. The van der Waals surface area contributed by atoms with Crippen LogP contribution in [0.25, 0.3) is 0 Å². The van der Waals surface area contributed by atoms with Gasteiger partial charge in [-0.25, -0.2) is 8.78 Å². The maximum atomic E-state index is 17.2. The maximum Gasteiger partial charge on any atom is 0.193 e. The van der Waals surface area contributed by atoms with Gasteiger partial charge in [0.15, 0.2) is 29.1 Å². The summed E-state index contributed by atoms with van der Waals surface area (Å²) in [4.78, 5) is 25.1. The molecule has 6 nitrogen and oxygen atoms in total. The first-order valence-electron chi connectivity index (χ1n) is 11.9. The molecule has 5 rings (SSSR count). The molecule has 1 aliphatic heterocycles. The first-order chi connectivity index (χ1) is 15.5. The van der Waals surface area contributed by atoms with E-state index in [1.807, 2.05) is 6.92 Å². The number of aliphatic hydroxyl groups is 2. The lowest BCUT2D eigenvalue weighted by Crippen LogP contribution is -2.70. The highest BCUT2D eigenvalue weighted by molar-refractivity contribution is 6.01. The van der Waals surface area contributed by atoms with Crippen molar-refractivity contribution in [3.63, 3.8) is 0 Å². The summed E-state index contributed by atoms with van der Waals surface area (Å²) >= 11 is 0. The Morgan fingerprint density at radius 2 is 2.00 bits per heavy atom. The first-order valence-corrected chi connectivity index (χ1v) is 11.9. The van der Waals surface area contributed by atoms with Gasteiger partial charge in [0.1, 0.15) is 12.8 Å². The fraction of sp³-hybridized carbons (Fsp3) is 0.760. The topological polar surface area (TPSA) is 93.1 Å². The molecule has 0 aromatic carbocycles. The average molecular weight is 467 g/mol. The van der Waals surface area contributed by atoms with Crippen molar-refractivity contribution in [1.82, 2.24) is 0 Å². The number of carbonyl (C=O) groups is 2. The molecule has 0 radical (unpaired) electrons. The quantitative estimate of drug-likeness (QED) is 0.662. The summed E-state index contributed by atoms with van der Waals surface area (Å²) < 4.78 is 45.0. The van der Waals surface area contributed by atoms with E-state index in [9.17, 15) is 19.8 Å². The predicted octanol–water partition coefficient (Wildman–Crippen LogP) is 2.76. The van der Waals surface area contributed by atoms with Crippen molar-refractivity contribution in [3.05, 3.63) is 23.8 Å². The molecule has 0 spiro atoms. The van der Waals surface area contributed by atoms with Crippen molar-refractivity contribution in [2.75, 3.05) is 6.61 Å². The summed E-state index contributed by atoms with van der Waals surface area (Å²) in [7, 11) is 0. The average Bonchev–Trinajstić information content (AvgIpc) is 3.24. The van der Waals surface area contributed by atoms with Gasteiger partial charge in [-0.15, -0.1) is 0 Å². The minimum absolute atomic E-state index is 0.0613. The molecule has 1 unspecified atom stereocenters. The summed E-state index contributed by atoms with van der Waals surface area (Å²) in [6.07, 6.45) is 0.682. The fourth-order valence-electron chi connectivity index (χ4n) is 8.00. The van der Waals surface area contributed by atoms with E-state index >= 15 is 8.78 Å². The van der Waals surface area contributed by atoms with E-state index in [0.29, 0.717) is 6.42 Å². The first kappa shape index (κ1) is 23.3. The summed E-state index contributed by atoms with van der Waals surface area (Å²) in [5.41, 5.74) is -6.22. The number of fused-ring (bicyclic) bond motifs is 7. The molecule has 0 aromatic heterocycles. The van der Waals surface area contributed by atoms with Gasteiger partial charge in [-0.1, -0.05) is 26.3 Å². The number of rotatable bonds is 4. The molecule has 3 saturated carbocycles. The van der Waals surface area contributed by atoms with E-state index in [-0.39, 0.29) is 24.8 Å². The van der Waals surface area contributed by atoms with E-state index < -0.39 is 76.8 Å². The molecule has 0 bridgehead atoms. The van der Waals surface area contributed by atoms with Gasteiger partial charge in [-0.05, 0) is 56.3 Å². The number of carbonyl (C=O) groups excluding carboxylic acids is 2. The van der Waals surface area contributed by atoms with Gasteiger partial charge >= 0.3 is 0 Å². The summed E-state index contributed by atoms with van der Waals surface area (Å²) in [5, 5.41) is 21.2. The smallest absolute Gasteiger partial charge is 0.193 e. The number of allylic oxidation sites excluding steroid dienone is 4. The summed E-state index contributed by atoms with van der Waals surface area (Å²) in [6.45, 7) is 4.53. The van der Waals surface area contributed by atoms with Gasteiger partial charge in [-0.2, -0.15) is 0 Å². The Bertz CT molecular complexity index is 949. The zero-order chi connectivity index (χ0) is 24.0. The van der Waals surface area contributed by atoms with Crippen molar-refractivity contribution >= 4 is 11.6 Å². The Kier molecular flexibility index (Phi) is 5.12. The number of hydrogen-bond donors (Lipinski definition) is 2. The number of aliphatic hydroxyl groups excluding tert-OH is 2. The van der Waals surface area contributed by atoms with Crippen molar-refractivity contribution in [1.29, 1.82) is 0 Å². The van der Waals surface area contributed by atoms with Crippen LogP contribution < -0.4 is 0 Å². The van der Waals surface area contributed by atoms with E-state index in [0.717, 1.165) is 12.5 Å². The van der Waals surface area contributed by atoms with E-state index in [1.165, 1.54) is 12.2 Å². The molecule has 4 aliphatic carbocycles. The Morgan fingerprint density at radius 3 is 2.67 bits per heavy atom. The minimum Gasteiger partial charge on any atom is -0.390 e. The third kappa shape index (κ3) is 2.61. The molecule has 33 heavy (non-hydrogen) atoms. The van der Waals surface area contributed by atoms with Crippen molar-refractivity contribution < 1.29 is 38.1 Å². The van der Waals surface area contributed by atoms with Crippen LogP contribution in [-0.4, -0.2) is 64.3 Å². The fourth-order valence-corrected chi connectivity index (χ4v) is 8.00. The largest absolute Gasteiger partial charge is 0.390 e. The molecule has 0 amide bonds. The molecule has 2 N–H and O–H groups in total. The number of ether oxygens (including phenoxy) is 2. The van der Waals surface area contributed by atoms with Gasteiger partial charge in [0.25, 0.3) is 0 Å². The van der Waals surface area contributed by atoms with Crippen molar-refractivity contribution in [2.45, 2.75) is 88.8 Å². The molecular weight excluding hydrogens is 434 g/mol. The Morgan fingerprint density at radius 1 is 1.27 bits per heavy atom. The highest BCUT2D eigenvalue weighted by Crippen LogP contribution is 2.72. The molecule has 10 atom stereocenters. The number of alkyl halides is 2. The van der Waals surface area contributed by atoms with Crippen LogP contribution >= 0.6 is 0 Å². The highest BCUT2D eigenvalue weighted by atomic mass is 19.1. The molecule has 182 valence electrons. The highest BCUT2D eigenvalue weighted by Gasteiger charge is 2.79. The lowest BCUT2D eigenvalue weighted by Gasteiger charge is -2.63. The van der Waals surface area contributed by atoms with Crippen LogP contribution in [0.1, 0.15) is 52.9 Å². The number of Topliss-reactive ketones (excluding diaryl/α,β-unsaturated/α-hetero) is 1. The number of ketones is 2. The number of hydrogen-bond acceptors (Lipinski definition) is 6. The van der Waals surface area contributed by atoms with Crippen molar-refractivity contribution in [3.8, 4) is 0 Å². The molecule has 1 saturated heterocycles. The molecule has 8 heteroatoms. The minimum atomic E-state index is -2.23. The molecule has 5 aliphatic rings. The summed E-state index contributed by atoms with van der Waals surface area (Å²) in [6, 6.07) is 0. The Balaban J connectivity index is 1.62.